The van der Waals surface area contributed by atoms with Gasteiger partial charge >= 0.3 is 0 Å². The van der Waals surface area contributed by atoms with E-state index in [2.05, 4.69) is 5.10 Å². The summed E-state index contributed by atoms with van der Waals surface area (Å²) in [5.41, 5.74) is 1.12. The fourth-order valence-electron chi connectivity index (χ4n) is 3.16. The molecule has 1 amide bonds. The quantitative estimate of drug-likeness (QED) is 0.717. The van der Waals surface area contributed by atoms with Crippen molar-refractivity contribution in [2.24, 2.45) is 7.05 Å². The molecule has 2 aromatic rings. The smallest absolute Gasteiger partial charge is 0.264 e. The van der Waals surface area contributed by atoms with E-state index in [-0.39, 0.29) is 18.1 Å². The molecule has 0 bridgehead atoms. The van der Waals surface area contributed by atoms with E-state index in [9.17, 15) is 4.79 Å². The Morgan fingerprint density at radius 2 is 2.33 bits per heavy atom. The number of amides is 1. The summed E-state index contributed by atoms with van der Waals surface area (Å²) < 4.78 is 12.9. The maximum atomic E-state index is 12.8. The first-order chi connectivity index (χ1) is 11.7. The first-order valence-corrected chi connectivity index (χ1v) is 8.99. The Morgan fingerprint density at radius 1 is 1.46 bits per heavy atom. The van der Waals surface area contributed by atoms with Crippen molar-refractivity contribution in [3.63, 3.8) is 0 Å². The van der Waals surface area contributed by atoms with Gasteiger partial charge in [0.05, 0.1) is 36.4 Å². The SMILES string of the molecule is COCCO[C@@H]1CCN(C(=O)c2cccs2)[C@@H]1Cc1cnn(C)c1. The number of ether oxygens (including phenoxy) is 2. The largest absolute Gasteiger partial charge is 0.382 e. The first-order valence-electron chi connectivity index (χ1n) is 8.11. The number of carbonyl (C=O) groups is 1. The van der Waals surface area contributed by atoms with Gasteiger partial charge in [-0.3, -0.25) is 9.48 Å². The van der Waals surface area contributed by atoms with Gasteiger partial charge in [-0.25, -0.2) is 0 Å². The molecule has 0 aromatic carbocycles. The third-order valence-electron chi connectivity index (χ3n) is 4.30. The third-order valence-corrected chi connectivity index (χ3v) is 5.16. The van der Waals surface area contributed by atoms with Crippen molar-refractivity contribution in [1.29, 1.82) is 0 Å². The van der Waals surface area contributed by atoms with Gasteiger partial charge in [-0.1, -0.05) is 6.07 Å². The van der Waals surface area contributed by atoms with E-state index >= 15 is 0 Å². The van der Waals surface area contributed by atoms with E-state index < -0.39 is 0 Å². The minimum absolute atomic E-state index is 0.0284. The van der Waals surface area contributed by atoms with Gasteiger partial charge in [-0.05, 0) is 29.9 Å². The van der Waals surface area contributed by atoms with E-state index in [1.54, 1.807) is 11.8 Å². The molecule has 2 aromatic heterocycles. The minimum atomic E-state index is 0.0284. The Labute approximate surface area is 146 Å². The Morgan fingerprint density at radius 3 is 3.00 bits per heavy atom. The molecule has 0 saturated carbocycles. The molecule has 0 spiro atoms. The van der Waals surface area contributed by atoms with Crippen molar-refractivity contribution >= 4 is 17.2 Å². The highest BCUT2D eigenvalue weighted by Crippen LogP contribution is 2.27. The van der Waals surface area contributed by atoms with E-state index in [1.165, 1.54) is 11.3 Å². The molecule has 3 rings (SSSR count). The molecule has 130 valence electrons. The summed E-state index contributed by atoms with van der Waals surface area (Å²) in [6.07, 6.45) is 5.50. The van der Waals surface area contributed by atoms with Crippen LogP contribution in [0.1, 0.15) is 21.7 Å². The molecule has 1 aliphatic rings. The summed E-state index contributed by atoms with van der Waals surface area (Å²) in [5.74, 6) is 0.0942. The van der Waals surface area contributed by atoms with Crippen molar-refractivity contribution in [3.05, 3.63) is 40.3 Å². The fraction of sp³-hybridized carbons (Fsp3) is 0.529. The topological polar surface area (TPSA) is 56.6 Å². The van der Waals surface area contributed by atoms with Gasteiger partial charge in [-0.15, -0.1) is 11.3 Å². The van der Waals surface area contributed by atoms with Gasteiger partial charge < -0.3 is 14.4 Å². The molecule has 0 unspecified atom stereocenters. The Balaban J connectivity index is 1.75. The average molecular weight is 349 g/mol. The number of hydrogen-bond acceptors (Lipinski definition) is 5. The summed E-state index contributed by atoms with van der Waals surface area (Å²) in [4.78, 5) is 15.6. The van der Waals surface area contributed by atoms with Crippen molar-refractivity contribution in [3.8, 4) is 0 Å². The van der Waals surface area contributed by atoms with Crippen LogP contribution in [0, 0.1) is 0 Å². The van der Waals surface area contributed by atoms with Crippen LogP contribution in [-0.4, -0.2) is 59.6 Å². The second kappa shape index (κ2) is 7.92. The van der Waals surface area contributed by atoms with Crippen LogP contribution in [-0.2, 0) is 22.9 Å². The lowest BCUT2D eigenvalue weighted by Gasteiger charge is -2.27. The van der Waals surface area contributed by atoms with Gasteiger partial charge in [0, 0.05) is 26.9 Å². The number of rotatable bonds is 7. The van der Waals surface area contributed by atoms with Crippen LogP contribution in [0.3, 0.4) is 0 Å². The number of nitrogens with zero attached hydrogens (tertiary/aromatic N) is 3. The second-order valence-corrected chi connectivity index (χ2v) is 6.91. The molecule has 7 heteroatoms. The fourth-order valence-corrected chi connectivity index (χ4v) is 3.84. The monoisotopic (exact) mass is 349 g/mol. The Kier molecular flexibility index (Phi) is 5.65. The molecular weight excluding hydrogens is 326 g/mol. The normalized spacial score (nSPS) is 20.7. The van der Waals surface area contributed by atoms with E-state index in [1.807, 2.05) is 41.9 Å². The van der Waals surface area contributed by atoms with Gasteiger partial charge in [0.2, 0.25) is 0 Å². The van der Waals surface area contributed by atoms with E-state index in [4.69, 9.17) is 9.47 Å². The lowest BCUT2D eigenvalue weighted by Crippen LogP contribution is -2.42. The number of carbonyl (C=O) groups excluding carboxylic acids is 1. The number of likely N-dealkylation sites (tertiary alicyclic amines) is 1. The van der Waals surface area contributed by atoms with Crippen molar-refractivity contribution < 1.29 is 14.3 Å². The molecule has 2 atom stereocenters. The zero-order valence-corrected chi connectivity index (χ0v) is 14.9. The molecule has 24 heavy (non-hydrogen) atoms. The van der Waals surface area contributed by atoms with E-state index in [0.717, 1.165) is 29.8 Å². The molecule has 0 radical (unpaired) electrons. The predicted octanol–water partition coefficient (Wildman–Crippen LogP) is 1.97. The van der Waals surface area contributed by atoms with Crippen LogP contribution in [0.2, 0.25) is 0 Å². The Bertz CT molecular complexity index is 656. The number of aromatic nitrogens is 2. The summed E-state index contributed by atoms with van der Waals surface area (Å²) in [6.45, 7) is 1.83. The maximum absolute atomic E-state index is 12.8. The van der Waals surface area contributed by atoms with Crippen LogP contribution >= 0.6 is 11.3 Å². The van der Waals surface area contributed by atoms with Gasteiger partial charge in [-0.2, -0.15) is 5.10 Å². The van der Waals surface area contributed by atoms with Crippen LogP contribution < -0.4 is 0 Å². The Hall–Kier alpha value is -1.70. The number of thiophene rings is 1. The maximum Gasteiger partial charge on any atom is 0.264 e. The predicted molar refractivity (Wildman–Crippen MR) is 92.3 cm³/mol. The van der Waals surface area contributed by atoms with Gasteiger partial charge in [0.15, 0.2) is 0 Å². The van der Waals surface area contributed by atoms with Gasteiger partial charge in [0.25, 0.3) is 5.91 Å². The van der Waals surface area contributed by atoms with E-state index in [0.29, 0.717) is 13.2 Å². The molecule has 3 heterocycles. The summed E-state index contributed by atoms with van der Waals surface area (Å²) in [6, 6.07) is 3.82. The molecular formula is C17H23N3O3S. The van der Waals surface area contributed by atoms with Gasteiger partial charge in [0.1, 0.15) is 0 Å². The number of aryl methyl sites for hydroxylation is 1. The average Bonchev–Trinajstić information content (AvgIpc) is 3.30. The highest BCUT2D eigenvalue weighted by atomic mass is 32.1. The third kappa shape index (κ3) is 3.85. The highest BCUT2D eigenvalue weighted by molar-refractivity contribution is 7.12. The molecule has 1 aliphatic heterocycles. The van der Waals surface area contributed by atoms with Crippen LogP contribution in [0.4, 0.5) is 0 Å². The van der Waals surface area contributed by atoms with Crippen molar-refractivity contribution in [1.82, 2.24) is 14.7 Å². The van der Waals surface area contributed by atoms with Crippen LogP contribution in [0.5, 0.6) is 0 Å². The van der Waals surface area contributed by atoms with Crippen LogP contribution in [0.15, 0.2) is 29.9 Å². The molecule has 0 N–H and O–H groups in total. The van der Waals surface area contributed by atoms with Crippen molar-refractivity contribution in [2.75, 3.05) is 26.9 Å². The zero-order chi connectivity index (χ0) is 16.9. The zero-order valence-electron chi connectivity index (χ0n) is 14.1. The van der Waals surface area contributed by atoms with Crippen LogP contribution in [0.25, 0.3) is 0 Å². The molecule has 1 saturated heterocycles. The summed E-state index contributed by atoms with van der Waals surface area (Å²) in [7, 11) is 3.57. The summed E-state index contributed by atoms with van der Waals surface area (Å²) >= 11 is 1.48. The second-order valence-electron chi connectivity index (χ2n) is 5.96. The molecule has 6 nitrogen and oxygen atoms in total. The van der Waals surface area contributed by atoms with Crippen molar-refractivity contribution in [2.45, 2.75) is 25.0 Å². The standard InChI is InChI=1S/C17H23N3O3S/c1-19-12-13(11-18-19)10-14-15(23-8-7-22-2)5-6-20(14)17(21)16-4-3-9-24-16/h3-4,9,11-12,14-15H,5-8,10H2,1-2H3/t14-,15-/m1/s1. The molecule has 0 aliphatic carbocycles. The molecule has 1 fully saturated rings. The minimum Gasteiger partial charge on any atom is -0.382 e. The first kappa shape index (κ1) is 17.1. The summed E-state index contributed by atoms with van der Waals surface area (Å²) in [5, 5.41) is 6.17. The number of methoxy groups -OCH3 is 1. The number of hydrogen-bond donors (Lipinski definition) is 0. The highest BCUT2D eigenvalue weighted by Gasteiger charge is 2.38. The lowest BCUT2D eigenvalue weighted by molar-refractivity contribution is 0.000558. The lowest BCUT2D eigenvalue weighted by atomic mass is 10.0.